The zero-order valence-corrected chi connectivity index (χ0v) is 9.27. The van der Waals surface area contributed by atoms with E-state index in [4.69, 9.17) is 21.1 Å². The minimum absolute atomic E-state index is 0.179. The molecule has 0 bridgehead atoms. The lowest BCUT2D eigenvalue weighted by atomic mass is 10.2. The molecule has 0 N–H and O–H groups in total. The van der Waals surface area contributed by atoms with Gasteiger partial charge in [0.25, 0.3) is 0 Å². The van der Waals surface area contributed by atoms with E-state index >= 15 is 0 Å². The summed E-state index contributed by atoms with van der Waals surface area (Å²) in [5.41, 5.74) is 0.0197. The highest BCUT2D eigenvalue weighted by Gasteiger charge is 2.40. The lowest BCUT2D eigenvalue weighted by Crippen LogP contribution is -2.17. The standard InChI is InChI=1S/C10H11ClFNO2/c1-6-7(12)3-8(9(11)13-6)14-4-10(2)5-15-10/h3H,4-5H2,1-2H3. The van der Waals surface area contributed by atoms with Gasteiger partial charge in [0.2, 0.25) is 0 Å². The summed E-state index contributed by atoms with van der Waals surface area (Å²) in [6, 6.07) is 1.25. The molecule has 3 nitrogen and oxygen atoms in total. The topological polar surface area (TPSA) is 34.6 Å². The van der Waals surface area contributed by atoms with E-state index in [2.05, 4.69) is 4.98 Å². The number of aromatic nitrogens is 1. The monoisotopic (exact) mass is 231 g/mol. The summed E-state index contributed by atoms with van der Waals surface area (Å²) in [4.78, 5) is 3.82. The maximum absolute atomic E-state index is 13.2. The summed E-state index contributed by atoms with van der Waals surface area (Å²) >= 11 is 5.81. The van der Waals surface area contributed by atoms with E-state index in [9.17, 15) is 4.39 Å². The van der Waals surface area contributed by atoms with Crippen molar-refractivity contribution in [2.75, 3.05) is 13.2 Å². The molecule has 2 heterocycles. The van der Waals surface area contributed by atoms with Crippen LogP contribution in [0.15, 0.2) is 6.07 Å². The summed E-state index contributed by atoms with van der Waals surface area (Å²) in [6.07, 6.45) is 0. The van der Waals surface area contributed by atoms with Gasteiger partial charge in [-0.25, -0.2) is 9.37 Å². The number of hydrogen-bond donors (Lipinski definition) is 0. The summed E-state index contributed by atoms with van der Waals surface area (Å²) < 4.78 is 23.6. The van der Waals surface area contributed by atoms with Gasteiger partial charge in [0.1, 0.15) is 18.0 Å². The Morgan fingerprint density at radius 1 is 1.73 bits per heavy atom. The van der Waals surface area contributed by atoms with Crippen molar-refractivity contribution in [3.8, 4) is 5.75 Å². The van der Waals surface area contributed by atoms with Crippen molar-refractivity contribution < 1.29 is 13.9 Å². The van der Waals surface area contributed by atoms with Crippen LogP contribution in [0.1, 0.15) is 12.6 Å². The van der Waals surface area contributed by atoms with Gasteiger partial charge in [-0.05, 0) is 13.8 Å². The van der Waals surface area contributed by atoms with Gasteiger partial charge in [0.05, 0.1) is 12.3 Å². The average molecular weight is 232 g/mol. The molecule has 82 valence electrons. The average Bonchev–Trinajstić information content (AvgIpc) is 2.89. The molecule has 0 aromatic carbocycles. The molecule has 0 spiro atoms. The van der Waals surface area contributed by atoms with Crippen molar-refractivity contribution in [2.24, 2.45) is 0 Å². The predicted molar refractivity (Wildman–Crippen MR) is 53.8 cm³/mol. The van der Waals surface area contributed by atoms with E-state index in [1.165, 1.54) is 6.07 Å². The molecule has 0 saturated carbocycles. The molecule has 5 heteroatoms. The minimum atomic E-state index is -0.420. The fourth-order valence-corrected chi connectivity index (χ4v) is 1.31. The molecular formula is C10H11ClFNO2. The molecule has 0 radical (unpaired) electrons. The van der Waals surface area contributed by atoms with Crippen molar-refractivity contribution in [3.05, 3.63) is 22.7 Å². The van der Waals surface area contributed by atoms with Crippen LogP contribution in [0.2, 0.25) is 5.15 Å². The lowest BCUT2D eigenvalue weighted by Gasteiger charge is -2.10. The second kappa shape index (κ2) is 3.61. The first-order valence-electron chi connectivity index (χ1n) is 4.60. The van der Waals surface area contributed by atoms with Gasteiger partial charge in [-0.2, -0.15) is 0 Å². The van der Waals surface area contributed by atoms with E-state index in [1.807, 2.05) is 6.92 Å². The number of epoxide rings is 1. The zero-order valence-electron chi connectivity index (χ0n) is 8.51. The Kier molecular flexibility index (Phi) is 2.56. The molecule has 1 fully saturated rings. The van der Waals surface area contributed by atoms with Crippen LogP contribution in [-0.4, -0.2) is 23.8 Å². The number of nitrogens with zero attached hydrogens (tertiary/aromatic N) is 1. The summed E-state index contributed by atoms with van der Waals surface area (Å²) in [5.74, 6) is -0.159. The summed E-state index contributed by atoms with van der Waals surface area (Å²) in [5, 5.41) is 0.179. The van der Waals surface area contributed by atoms with Crippen LogP contribution in [0, 0.1) is 12.7 Å². The Labute approximate surface area is 92.2 Å². The Bertz CT molecular complexity index is 393. The van der Waals surface area contributed by atoms with Gasteiger partial charge >= 0.3 is 0 Å². The van der Waals surface area contributed by atoms with Gasteiger partial charge in [-0.3, -0.25) is 0 Å². The van der Waals surface area contributed by atoms with Crippen LogP contribution < -0.4 is 4.74 Å². The first-order valence-corrected chi connectivity index (χ1v) is 4.97. The van der Waals surface area contributed by atoms with E-state index in [0.717, 1.165) is 0 Å². The molecule has 1 aliphatic rings. The number of pyridine rings is 1. The van der Waals surface area contributed by atoms with Crippen LogP contribution in [0.4, 0.5) is 4.39 Å². The molecule has 1 aliphatic heterocycles. The van der Waals surface area contributed by atoms with Crippen molar-refractivity contribution in [2.45, 2.75) is 19.4 Å². The van der Waals surface area contributed by atoms with Gasteiger partial charge in [-0.15, -0.1) is 0 Å². The number of halogens is 2. The highest BCUT2D eigenvalue weighted by atomic mass is 35.5. The maximum atomic E-state index is 13.2. The fraction of sp³-hybridized carbons (Fsp3) is 0.500. The molecule has 1 unspecified atom stereocenters. The fourth-order valence-electron chi connectivity index (χ4n) is 1.07. The first-order chi connectivity index (χ1) is 7.00. The van der Waals surface area contributed by atoms with Crippen molar-refractivity contribution >= 4 is 11.6 Å². The Hall–Kier alpha value is -0.870. The Morgan fingerprint density at radius 3 is 3.00 bits per heavy atom. The van der Waals surface area contributed by atoms with Gasteiger partial charge in [-0.1, -0.05) is 11.6 Å². The van der Waals surface area contributed by atoms with Crippen LogP contribution in [0.3, 0.4) is 0 Å². The van der Waals surface area contributed by atoms with Gasteiger partial charge in [0, 0.05) is 6.07 Å². The SMILES string of the molecule is Cc1nc(Cl)c(OCC2(C)CO2)cc1F. The van der Waals surface area contributed by atoms with Crippen LogP contribution >= 0.6 is 11.6 Å². The summed E-state index contributed by atoms with van der Waals surface area (Å²) in [6.45, 7) is 4.48. The predicted octanol–water partition coefficient (Wildman–Crippen LogP) is 2.35. The van der Waals surface area contributed by atoms with Crippen molar-refractivity contribution in [1.82, 2.24) is 4.98 Å². The number of rotatable bonds is 3. The van der Waals surface area contributed by atoms with Crippen LogP contribution in [-0.2, 0) is 4.74 Å². The smallest absolute Gasteiger partial charge is 0.171 e. The number of hydrogen-bond acceptors (Lipinski definition) is 3. The van der Waals surface area contributed by atoms with E-state index in [1.54, 1.807) is 6.92 Å². The molecule has 1 atom stereocenters. The highest BCUT2D eigenvalue weighted by Crippen LogP contribution is 2.29. The lowest BCUT2D eigenvalue weighted by molar-refractivity contribution is 0.201. The highest BCUT2D eigenvalue weighted by molar-refractivity contribution is 6.30. The maximum Gasteiger partial charge on any atom is 0.171 e. The van der Waals surface area contributed by atoms with E-state index in [-0.39, 0.29) is 22.2 Å². The van der Waals surface area contributed by atoms with E-state index in [0.29, 0.717) is 13.2 Å². The first kappa shape index (κ1) is 10.6. The molecule has 1 aromatic heterocycles. The third-order valence-electron chi connectivity index (χ3n) is 2.24. The third kappa shape index (κ3) is 2.38. The second-order valence-electron chi connectivity index (χ2n) is 3.87. The van der Waals surface area contributed by atoms with Gasteiger partial charge in [0.15, 0.2) is 10.9 Å². The van der Waals surface area contributed by atoms with Crippen molar-refractivity contribution in [3.63, 3.8) is 0 Å². The molecule has 1 aromatic rings. The Balaban J connectivity index is 2.10. The normalized spacial score (nSPS) is 24.0. The molecular weight excluding hydrogens is 221 g/mol. The minimum Gasteiger partial charge on any atom is -0.487 e. The summed E-state index contributed by atoms with van der Waals surface area (Å²) in [7, 11) is 0. The zero-order chi connectivity index (χ0) is 11.1. The molecule has 15 heavy (non-hydrogen) atoms. The molecule has 0 amide bonds. The van der Waals surface area contributed by atoms with Crippen LogP contribution in [0.5, 0.6) is 5.75 Å². The third-order valence-corrected chi connectivity index (χ3v) is 2.51. The molecule has 2 rings (SSSR count). The van der Waals surface area contributed by atoms with E-state index < -0.39 is 5.82 Å². The largest absolute Gasteiger partial charge is 0.487 e. The molecule has 1 saturated heterocycles. The second-order valence-corrected chi connectivity index (χ2v) is 4.23. The quantitative estimate of drug-likeness (QED) is 0.592. The molecule has 0 aliphatic carbocycles. The van der Waals surface area contributed by atoms with Gasteiger partial charge < -0.3 is 9.47 Å². The Morgan fingerprint density at radius 2 is 2.40 bits per heavy atom. The van der Waals surface area contributed by atoms with Crippen molar-refractivity contribution in [1.29, 1.82) is 0 Å². The number of aryl methyl sites for hydroxylation is 1. The van der Waals surface area contributed by atoms with Crippen LogP contribution in [0.25, 0.3) is 0 Å². The number of ether oxygens (including phenoxy) is 2.